The molecule has 0 spiro atoms. The number of rotatable bonds is 5. The largest absolute Gasteiger partial charge is 0.478 e. The average Bonchev–Trinajstić information content (AvgIpc) is 2.39. The third kappa shape index (κ3) is 3.45. The maximum absolute atomic E-state index is 12.1. The van der Waals surface area contributed by atoms with Crippen LogP contribution in [0.3, 0.4) is 0 Å². The minimum atomic E-state index is -1.08. The van der Waals surface area contributed by atoms with Gasteiger partial charge in [0.2, 0.25) is 5.91 Å². The fourth-order valence-corrected chi connectivity index (χ4v) is 1.59. The van der Waals surface area contributed by atoms with Gasteiger partial charge in [-0.25, -0.2) is 4.79 Å². The van der Waals surface area contributed by atoms with E-state index in [1.165, 1.54) is 18.2 Å². The van der Waals surface area contributed by atoms with Crippen LogP contribution >= 0.6 is 11.6 Å². The van der Waals surface area contributed by atoms with Crippen molar-refractivity contribution >= 4 is 29.2 Å². The van der Waals surface area contributed by atoms with Gasteiger partial charge in [0, 0.05) is 6.54 Å². The minimum Gasteiger partial charge on any atom is -0.478 e. The van der Waals surface area contributed by atoms with Crippen LogP contribution in [0.15, 0.2) is 18.2 Å². The Morgan fingerprint density at radius 3 is 2.58 bits per heavy atom. The number of anilines is 1. The number of benzene rings is 1. The van der Waals surface area contributed by atoms with Gasteiger partial charge in [-0.15, -0.1) is 0 Å². The Bertz CT molecular complexity index is 499. The molecule has 0 aromatic heterocycles. The lowest BCUT2D eigenvalue weighted by Crippen LogP contribution is -2.39. The van der Waals surface area contributed by atoms with E-state index in [2.05, 4.69) is 5.32 Å². The van der Waals surface area contributed by atoms with E-state index in [1.807, 2.05) is 6.92 Å². The second kappa shape index (κ2) is 6.04. The SMILES string of the molecule is CCC(C)(CN)C(=O)Nc1cc(C(=O)O)ccc1Cl. The zero-order valence-electron chi connectivity index (χ0n) is 10.9. The second-order valence-electron chi connectivity index (χ2n) is 4.57. The average molecular weight is 285 g/mol. The quantitative estimate of drug-likeness (QED) is 0.774. The lowest BCUT2D eigenvalue weighted by Gasteiger charge is -2.25. The molecule has 0 aliphatic heterocycles. The molecule has 1 amide bonds. The number of aromatic carboxylic acids is 1. The number of hydrogen-bond donors (Lipinski definition) is 3. The fourth-order valence-electron chi connectivity index (χ4n) is 1.42. The Kier molecular flexibility index (Phi) is 4.91. The van der Waals surface area contributed by atoms with Crippen molar-refractivity contribution in [3.05, 3.63) is 28.8 Å². The summed E-state index contributed by atoms with van der Waals surface area (Å²) >= 11 is 5.94. The van der Waals surface area contributed by atoms with Gasteiger partial charge < -0.3 is 16.2 Å². The van der Waals surface area contributed by atoms with Crippen LogP contribution in [0.5, 0.6) is 0 Å². The van der Waals surface area contributed by atoms with Gasteiger partial charge in [0.1, 0.15) is 0 Å². The van der Waals surface area contributed by atoms with Crippen molar-refractivity contribution < 1.29 is 14.7 Å². The number of carboxylic acids is 1. The summed E-state index contributed by atoms with van der Waals surface area (Å²) in [5.41, 5.74) is 5.23. The molecule has 6 heteroatoms. The summed E-state index contributed by atoms with van der Waals surface area (Å²) in [5, 5.41) is 11.8. The highest BCUT2D eigenvalue weighted by Crippen LogP contribution is 2.27. The normalized spacial score (nSPS) is 13.7. The molecule has 0 aliphatic carbocycles. The molecule has 1 rings (SSSR count). The molecule has 0 radical (unpaired) electrons. The summed E-state index contributed by atoms with van der Waals surface area (Å²) in [4.78, 5) is 23.0. The Balaban J connectivity index is 3.02. The molecule has 0 heterocycles. The summed E-state index contributed by atoms with van der Waals surface area (Å²) in [6, 6.07) is 4.14. The smallest absolute Gasteiger partial charge is 0.335 e. The van der Waals surface area contributed by atoms with Crippen molar-refractivity contribution in [1.82, 2.24) is 0 Å². The summed E-state index contributed by atoms with van der Waals surface area (Å²) in [6.45, 7) is 3.81. The first kappa shape index (κ1) is 15.5. The first-order valence-corrected chi connectivity index (χ1v) is 6.26. The molecule has 1 aromatic rings. The van der Waals surface area contributed by atoms with Crippen molar-refractivity contribution in [3.63, 3.8) is 0 Å². The van der Waals surface area contributed by atoms with Crippen LogP contribution in [-0.2, 0) is 4.79 Å². The standard InChI is InChI=1S/C13H17ClN2O3/c1-3-13(2,7-15)12(19)16-10-6-8(11(17)18)4-5-9(10)14/h4-6H,3,7,15H2,1-2H3,(H,16,19)(H,17,18). The first-order chi connectivity index (χ1) is 8.84. The van der Waals surface area contributed by atoms with E-state index in [1.54, 1.807) is 6.92 Å². The predicted molar refractivity (Wildman–Crippen MR) is 74.5 cm³/mol. The number of halogens is 1. The fraction of sp³-hybridized carbons (Fsp3) is 0.385. The number of carbonyl (C=O) groups excluding carboxylic acids is 1. The number of nitrogens with two attached hydrogens (primary N) is 1. The molecule has 104 valence electrons. The zero-order valence-corrected chi connectivity index (χ0v) is 11.6. The van der Waals surface area contributed by atoms with Crippen LogP contribution in [0, 0.1) is 5.41 Å². The lowest BCUT2D eigenvalue weighted by molar-refractivity contribution is -0.124. The Morgan fingerprint density at radius 2 is 2.11 bits per heavy atom. The molecule has 5 nitrogen and oxygen atoms in total. The first-order valence-electron chi connectivity index (χ1n) is 5.88. The van der Waals surface area contributed by atoms with Gasteiger partial charge >= 0.3 is 5.97 Å². The highest BCUT2D eigenvalue weighted by Gasteiger charge is 2.30. The van der Waals surface area contributed by atoms with Crippen LogP contribution in [0.4, 0.5) is 5.69 Å². The molecule has 4 N–H and O–H groups in total. The zero-order chi connectivity index (χ0) is 14.6. The number of amides is 1. The van der Waals surface area contributed by atoms with Gasteiger partial charge in [-0.2, -0.15) is 0 Å². The molecule has 0 saturated heterocycles. The van der Waals surface area contributed by atoms with Crippen LogP contribution in [0.1, 0.15) is 30.6 Å². The van der Waals surface area contributed by atoms with Gasteiger partial charge in [0.25, 0.3) is 0 Å². The highest BCUT2D eigenvalue weighted by atomic mass is 35.5. The minimum absolute atomic E-state index is 0.0608. The highest BCUT2D eigenvalue weighted by molar-refractivity contribution is 6.33. The van der Waals surface area contributed by atoms with Crippen molar-refractivity contribution in [2.75, 3.05) is 11.9 Å². The summed E-state index contributed by atoms with van der Waals surface area (Å²) in [5.74, 6) is -1.36. The molecular formula is C13H17ClN2O3. The van der Waals surface area contributed by atoms with Crippen molar-refractivity contribution in [2.24, 2.45) is 11.1 Å². The molecule has 0 fully saturated rings. The van der Waals surface area contributed by atoms with E-state index in [0.29, 0.717) is 6.42 Å². The maximum atomic E-state index is 12.1. The molecule has 0 saturated carbocycles. The molecule has 0 bridgehead atoms. The van der Waals surface area contributed by atoms with Gasteiger partial charge in [-0.1, -0.05) is 18.5 Å². The van der Waals surface area contributed by atoms with Gasteiger partial charge in [0.15, 0.2) is 0 Å². The molecule has 1 aromatic carbocycles. The van der Waals surface area contributed by atoms with Crippen molar-refractivity contribution in [3.8, 4) is 0 Å². The number of hydrogen-bond acceptors (Lipinski definition) is 3. The third-order valence-electron chi connectivity index (χ3n) is 3.24. The predicted octanol–water partition coefficient (Wildman–Crippen LogP) is 2.35. The number of carboxylic acid groups (broad SMARTS) is 1. The number of carbonyl (C=O) groups is 2. The van der Waals surface area contributed by atoms with E-state index in [4.69, 9.17) is 22.4 Å². The summed E-state index contributed by atoms with van der Waals surface area (Å²) < 4.78 is 0. The van der Waals surface area contributed by atoms with E-state index >= 15 is 0 Å². The lowest BCUT2D eigenvalue weighted by atomic mass is 9.86. The molecular weight excluding hydrogens is 268 g/mol. The Morgan fingerprint density at radius 1 is 1.47 bits per heavy atom. The maximum Gasteiger partial charge on any atom is 0.335 e. The van der Waals surface area contributed by atoms with Crippen LogP contribution in [-0.4, -0.2) is 23.5 Å². The summed E-state index contributed by atoms with van der Waals surface area (Å²) in [6.07, 6.45) is 0.575. The van der Waals surface area contributed by atoms with Crippen molar-refractivity contribution in [1.29, 1.82) is 0 Å². The third-order valence-corrected chi connectivity index (χ3v) is 3.57. The topological polar surface area (TPSA) is 92.4 Å². The molecule has 19 heavy (non-hydrogen) atoms. The van der Waals surface area contributed by atoms with Crippen molar-refractivity contribution in [2.45, 2.75) is 20.3 Å². The molecule has 0 aliphatic rings. The Labute approximate surface area is 116 Å². The monoisotopic (exact) mass is 284 g/mol. The van der Waals surface area contributed by atoms with Gasteiger partial charge in [0.05, 0.1) is 21.7 Å². The van der Waals surface area contributed by atoms with Gasteiger partial charge in [-0.3, -0.25) is 4.79 Å². The van der Waals surface area contributed by atoms with Crippen LogP contribution < -0.4 is 11.1 Å². The second-order valence-corrected chi connectivity index (χ2v) is 4.98. The molecule has 1 atom stereocenters. The summed E-state index contributed by atoms with van der Waals surface area (Å²) in [7, 11) is 0. The van der Waals surface area contributed by atoms with Crippen LogP contribution in [0.2, 0.25) is 5.02 Å². The molecule has 1 unspecified atom stereocenters. The van der Waals surface area contributed by atoms with E-state index in [-0.39, 0.29) is 28.7 Å². The van der Waals surface area contributed by atoms with Gasteiger partial charge in [-0.05, 0) is 31.5 Å². The van der Waals surface area contributed by atoms with E-state index < -0.39 is 11.4 Å². The van der Waals surface area contributed by atoms with E-state index in [0.717, 1.165) is 0 Å². The Hall–Kier alpha value is -1.59. The van der Waals surface area contributed by atoms with E-state index in [9.17, 15) is 9.59 Å². The van der Waals surface area contributed by atoms with Crippen LogP contribution in [0.25, 0.3) is 0 Å². The number of nitrogens with one attached hydrogen (secondary N) is 1.